The summed E-state index contributed by atoms with van der Waals surface area (Å²) in [6, 6.07) is 5.17. The van der Waals surface area contributed by atoms with E-state index in [4.69, 9.17) is 0 Å². The number of rotatable bonds is 9. The molecule has 0 aromatic heterocycles. The third-order valence-electron chi connectivity index (χ3n) is 5.35. The van der Waals surface area contributed by atoms with E-state index in [0.29, 0.717) is 38.3 Å². The first-order valence-electron chi connectivity index (χ1n) is 10.3. The lowest BCUT2D eigenvalue weighted by molar-refractivity contribution is -0.138. The summed E-state index contributed by atoms with van der Waals surface area (Å²) in [5.41, 5.74) is 0.554. The average Bonchev–Trinajstić information content (AvgIpc) is 3.58. The van der Waals surface area contributed by atoms with Crippen molar-refractivity contribution in [1.29, 1.82) is 0 Å². The summed E-state index contributed by atoms with van der Waals surface area (Å²) in [7, 11) is 0. The van der Waals surface area contributed by atoms with Gasteiger partial charge < -0.3 is 15.5 Å². The van der Waals surface area contributed by atoms with Crippen LogP contribution in [-0.2, 0) is 14.4 Å². The van der Waals surface area contributed by atoms with E-state index in [1.807, 2.05) is 11.2 Å². The van der Waals surface area contributed by atoms with Crippen molar-refractivity contribution >= 4 is 35.2 Å². The molecule has 7 nitrogen and oxygen atoms in total. The van der Waals surface area contributed by atoms with Gasteiger partial charge >= 0.3 is 0 Å². The highest BCUT2D eigenvalue weighted by atomic mass is 32.2. The molecule has 1 aromatic rings. The first-order chi connectivity index (χ1) is 14.5. The lowest BCUT2D eigenvalue weighted by atomic mass is 10.1. The molecule has 1 aliphatic carbocycles. The minimum Gasteiger partial charge on any atom is -0.344 e. The molecule has 1 heterocycles. The monoisotopic (exact) mass is 436 g/mol. The van der Waals surface area contributed by atoms with Gasteiger partial charge in [0.2, 0.25) is 17.7 Å². The van der Waals surface area contributed by atoms with Gasteiger partial charge in [0, 0.05) is 37.8 Å². The molecule has 1 saturated carbocycles. The van der Waals surface area contributed by atoms with Crippen molar-refractivity contribution in [2.24, 2.45) is 5.92 Å². The molecule has 0 unspecified atom stereocenters. The van der Waals surface area contributed by atoms with Crippen molar-refractivity contribution in [3.63, 3.8) is 0 Å². The van der Waals surface area contributed by atoms with E-state index in [1.165, 1.54) is 24.3 Å². The van der Waals surface area contributed by atoms with Crippen molar-refractivity contribution < 1.29 is 18.8 Å². The zero-order valence-corrected chi connectivity index (χ0v) is 18.0. The predicted molar refractivity (Wildman–Crippen MR) is 116 cm³/mol. The molecule has 2 aliphatic rings. The Bertz CT molecular complexity index is 749. The van der Waals surface area contributed by atoms with Crippen LogP contribution in [0.2, 0.25) is 0 Å². The molecule has 0 bridgehead atoms. The Labute approximate surface area is 180 Å². The number of hydrogen-bond acceptors (Lipinski definition) is 5. The molecule has 0 radical (unpaired) electrons. The summed E-state index contributed by atoms with van der Waals surface area (Å²) in [5.74, 6) is 0.323. The van der Waals surface area contributed by atoms with Crippen LogP contribution in [0.1, 0.15) is 19.3 Å². The molecule has 3 rings (SSSR count). The molecule has 0 spiro atoms. The summed E-state index contributed by atoms with van der Waals surface area (Å²) in [4.78, 5) is 41.1. The molecule has 3 amide bonds. The summed E-state index contributed by atoms with van der Waals surface area (Å²) < 4.78 is 13.0. The molecule has 2 N–H and O–H groups in total. The van der Waals surface area contributed by atoms with Crippen LogP contribution in [0.25, 0.3) is 0 Å². The fraction of sp³-hybridized carbons (Fsp3) is 0.571. The second-order valence-corrected chi connectivity index (χ2v) is 8.76. The molecular weight excluding hydrogens is 407 g/mol. The smallest absolute Gasteiger partial charge is 0.245 e. The number of benzene rings is 1. The number of thioether (sulfide) groups is 1. The first-order valence-corrected chi connectivity index (χ1v) is 11.7. The number of halogens is 1. The largest absolute Gasteiger partial charge is 0.344 e. The molecular formula is C21H29FN4O3S. The van der Waals surface area contributed by atoms with Gasteiger partial charge in [0.1, 0.15) is 11.9 Å². The number of anilines is 1. The van der Waals surface area contributed by atoms with Crippen LogP contribution in [0, 0.1) is 11.7 Å². The Hall–Kier alpha value is -2.13. The van der Waals surface area contributed by atoms with Gasteiger partial charge in [-0.05, 0) is 55.5 Å². The highest BCUT2D eigenvalue weighted by Crippen LogP contribution is 2.29. The number of nitrogens with one attached hydrogen (secondary N) is 2. The Morgan fingerprint density at radius 1 is 1.13 bits per heavy atom. The van der Waals surface area contributed by atoms with Crippen LogP contribution >= 0.6 is 11.8 Å². The maximum atomic E-state index is 13.0. The number of amides is 3. The summed E-state index contributed by atoms with van der Waals surface area (Å²) >= 11 is 1.66. The van der Waals surface area contributed by atoms with Crippen molar-refractivity contribution in [3.05, 3.63) is 30.1 Å². The summed E-state index contributed by atoms with van der Waals surface area (Å²) in [6.07, 6.45) is 4.43. The van der Waals surface area contributed by atoms with Crippen LogP contribution in [0.15, 0.2) is 24.3 Å². The minimum atomic E-state index is -0.473. The highest BCUT2D eigenvalue weighted by molar-refractivity contribution is 7.98. The van der Waals surface area contributed by atoms with E-state index < -0.39 is 6.04 Å². The van der Waals surface area contributed by atoms with Gasteiger partial charge in [-0.25, -0.2) is 4.39 Å². The Balaban J connectivity index is 1.45. The Morgan fingerprint density at radius 2 is 1.80 bits per heavy atom. The van der Waals surface area contributed by atoms with Gasteiger partial charge in [-0.2, -0.15) is 11.8 Å². The van der Waals surface area contributed by atoms with Crippen LogP contribution in [0.5, 0.6) is 0 Å². The molecule has 2 fully saturated rings. The fourth-order valence-corrected chi connectivity index (χ4v) is 3.88. The van der Waals surface area contributed by atoms with Gasteiger partial charge in [0.15, 0.2) is 0 Å². The van der Waals surface area contributed by atoms with Crippen molar-refractivity contribution in [2.45, 2.75) is 25.3 Å². The molecule has 1 saturated heterocycles. The third kappa shape index (κ3) is 6.70. The van der Waals surface area contributed by atoms with Crippen LogP contribution in [0.3, 0.4) is 0 Å². The van der Waals surface area contributed by atoms with Crippen molar-refractivity contribution in [1.82, 2.24) is 15.1 Å². The standard InChI is InChI=1S/C21H29FN4O3S/c1-30-13-8-18(24-20(28)15-2-3-15)21(29)26-11-9-25(10-12-26)14-19(27)23-17-6-4-16(22)5-7-17/h4-7,15,18H,2-3,8-14H2,1H3,(H,23,27)(H,24,28)/t18-/m0/s1. The van der Waals surface area contributed by atoms with Crippen LogP contribution in [-0.4, -0.2) is 78.3 Å². The molecule has 30 heavy (non-hydrogen) atoms. The summed E-state index contributed by atoms with van der Waals surface area (Å²) in [5, 5.41) is 5.69. The second-order valence-electron chi connectivity index (χ2n) is 7.77. The van der Waals surface area contributed by atoms with E-state index >= 15 is 0 Å². The topological polar surface area (TPSA) is 81.8 Å². The van der Waals surface area contributed by atoms with Crippen molar-refractivity contribution in [2.75, 3.05) is 50.0 Å². The fourth-order valence-electron chi connectivity index (χ4n) is 3.41. The molecule has 164 valence electrons. The Morgan fingerprint density at radius 3 is 2.40 bits per heavy atom. The van der Waals surface area contributed by atoms with E-state index in [9.17, 15) is 18.8 Å². The van der Waals surface area contributed by atoms with Crippen LogP contribution in [0.4, 0.5) is 10.1 Å². The van der Waals surface area contributed by atoms with Gasteiger partial charge in [-0.15, -0.1) is 0 Å². The van der Waals surface area contributed by atoms with Gasteiger partial charge in [-0.3, -0.25) is 19.3 Å². The lowest BCUT2D eigenvalue weighted by Crippen LogP contribution is -2.56. The molecule has 1 atom stereocenters. The lowest BCUT2D eigenvalue weighted by Gasteiger charge is -2.36. The SMILES string of the molecule is CSCC[C@H](NC(=O)C1CC1)C(=O)N1CCN(CC(=O)Nc2ccc(F)cc2)CC1. The zero-order valence-electron chi connectivity index (χ0n) is 17.2. The average molecular weight is 437 g/mol. The van der Waals surface area contributed by atoms with Gasteiger partial charge in [-0.1, -0.05) is 0 Å². The third-order valence-corrected chi connectivity index (χ3v) is 6.00. The number of carbonyl (C=O) groups is 3. The van der Waals surface area contributed by atoms with Gasteiger partial charge in [0.05, 0.1) is 6.54 Å². The van der Waals surface area contributed by atoms with E-state index in [0.717, 1.165) is 18.6 Å². The Kier molecular flexibility index (Phi) is 8.09. The molecule has 1 aliphatic heterocycles. The normalized spacial score (nSPS) is 18.0. The molecule has 1 aromatic carbocycles. The maximum absolute atomic E-state index is 13.0. The predicted octanol–water partition coefficient (Wildman–Crippen LogP) is 1.56. The second kappa shape index (κ2) is 10.8. The van der Waals surface area contributed by atoms with E-state index in [2.05, 4.69) is 10.6 Å². The maximum Gasteiger partial charge on any atom is 0.245 e. The first kappa shape index (κ1) is 22.6. The number of nitrogens with zero attached hydrogens (tertiary/aromatic N) is 2. The van der Waals surface area contributed by atoms with E-state index in [1.54, 1.807) is 16.7 Å². The number of carbonyl (C=O) groups excluding carboxylic acids is 3. The minimum absolute atomic E-state index is 0.00875. The number of piperazine rings is 1. The zero-order chi connectivity index (χ0) is 21.5. The molecule has 9 heteroatoms. The van der Waals surface area contributed by atoms with Crippen molar-refractivity contribution in [3.8, 4) is 0 Å². The summed E-state index contributed by atoms with van der Waals surface area (Å²) in [6.45, 7) is 2.45. The van der Waals surface area contributed by atoms with E-state index in [-0.39, 0.29) is 36.0 Å². The van der Waals surface area contributed by atoms with Crippen LogP contribution < -0.4 is 10.6 Å². The number of hydrogen-bond donors (Lipinski definition) is 2. The highest BCUT2D eigenvalue weighted by Gasteiger charge is 2.34. The quantitative estimate of drug-likeness (QED) is 0.614. The van der Waals surface area contributed by atoms with Gasteiger partial charge in [0.25, 0.3) is 0 Å².